The first-order valence-electron chi connectivity index (χ1n) is 4.12. The van der Waals surface area contributed by atoms with E-state index in [-0.39, 0.29) is 12.1 Å². The van der Waals surface area contributed by atoms with Crippen molar-refractivity contribution in [3.05, 3.63) is 23.0 Å². The van der Waals surface area contributed by atoms with Crippen LogP contribution in [0.25, 0.3) is 0 Å². The van der Waals surface area contributed by atoms with E-state index in [0.717, 1.165) is 6.20 Å². The summed E-state index contributed by atoms with van der Waals surface area (Å²) in [5, 5.41) is 0. The zero-order valence-electron chi connectivity index (χ0n) is 8.05. The highest BCUT2D eigenvalue weighted by atomic mass is 19.3. The Bertz CT molecular complexity index is 329. The van der Waals surface area contributed by atoms with Crippen LogP contribution in [0.3, 0.4) is 0 Å². The second kappa shape index (κ2) is 4.32. The van der Waals surface area contributed by atoms with Crippen LogP contribution in [0.1, 0.15) is 23.2 Å². The molecule has 0 saturated heterocycles. The van der Waals surface area contributed by atoms with E-state index in [4.69, 9.17) is 10.5 Å². The Balaban J connectivity index is 3.33. The predicted molar refractivity (Wildman–Crippen MR) is 48.4 cm³/mol. The number of rotatable bonds is 3. The number of pyridine rings is 1. The minimum atomic E-state index is -2.57. The van der Waals surface area contributed by atoms with Crippen molar-refractivity contribution in [2.24, 2.45) is 5.73 Å². The summed E-state index contributed by atoms with van der Waals surface area (Å²) in [6, 6.07) is 0. The van der Waals surface area contributed by atoms with E-state index in [2.05, 4.69) is 4.98 Å². The summed E-state index contributed by atoms with van der Waals surface area (Å²) < 4.78 is 30.0. The van der Waals surface area contributed by atoms with Crippen molar-refractivity contribution in [1.29, 1.82) is 0 Å². The Labute approximate surface area is 80.9 Å². The van der Waals surface area contributed by atoms with E-state index in [0.29, 0.717) is 17.0 Å². The van der Waals surface area contributed by atoms with Gasteiger partial charge in [0.25, 0.3) is 6.43 Å². The van der Waals surface area contributed by atoms with Crippen LogP contribution in [0.5, 0.6) is 5.75 Å². The third kappa shape index (κ3) is 1.82. The fourth-order valence-electron chi connectivity index (χ4n) is 1.32. The fraction of sp³-hybridized carbons (Fsp3) is 0.444. The summed E-state index contributed by atoms with van der Waals surface area (Å²) >= 11 is 0. The molecule has 0 aromatic carbocycles. The van der Waals surface area contributed by atoms with Crippen LogP contribution in [-0.2, 0) is 6.54 Å². The molecule has 0 radical (unpaired) electrons. The molecule has 0 spiro atoms. The molecule has 1 aromatic heterocycles. The number of hydrogen-bond acceptors (Lipinski definition) is 3. The summed E-state index contributed by atoms with van der Waals surface area (Å²) in [7, 11) is 1.42. The molecule has 1 rings (SSSR count). The van der Waals surface area contributed by atoms with E-state index in [1.54, 1.807) is 6.92 Å². The summed E-state index contributed by atoms with van der Waals surface area (Å²) in [6.45, 7) is 1.71. The normalized spacial score (nSPS) is 10.7. The van der Waals surface area contributed by atoms with E-state index < -0.39 is 6.43 Å². The van der Waals surface area contributed by atoms with Gasteiger partial charge in [-0.2, -0.15) is 0 Å². The number of aryl methyl sites for hydroxylation is 1. The number of nitrogens with two attached hydrogens (primary N) is 1. The van der Waals surface area contributed by atoms with Crippen LogP contribution in [0.15, 0.2) is 6.20 Å². The smallest absolute Gasteiger partial charge is 0.265 e. The summed E-state index contributed by atoms with van der Waals surface area (Å²) in [5.41, 5.74) is 6.13. The van der Waals surface area contributed by atoms with Crippen molar-refractivity contribution in [3.63, 3.8) is 0 Å². The molecule has 5 heteroatoms. The van der Waals surface area contributed by atoms with E-state index in [1.807, 2.05) is 0 Å². The SMILES string of the molecule is COc1c(C)ncc(C(F)F)c1CN. The quantitative estimate of drug-likeness (QED) is 0.812. The maximum absolute atomic E-state index is 12.5. The molecule has 3 nitrogen and oxygen atoms in total. The van der Waals surface area contributed by atoms with Crippen molar-refractivity contribution in [2.45, 2.75) is 19.9 Å². The van der Waals surface area contributed by atoms with Gasteiger partial charge in [0.2, 0.25) is 0 Å². The monoisotopic (exact) mass is 202 g/mol. The Hall–Kier alpha value is -1.23. The standard InChI is InChI=1S/C9H12F2N2O/c1-5-8(14-2)6(3-12)7(4-13-5)9(10)11/h4,9H,3,12H2,1-2H3. The third-order valence-electron chi connectivity index (χ3n) is 1.99. The molecule has 0 aliphatic rings. The lowest BCUT2D eigenvalue weighted by Gasteiger charge is -2.13. The minimum Gasteiger partial charge on any atom is -0.495 e. The molecule has 1 heterocycles. The van der Waals surface area contributed by atoms with Crippen LogP contribution in [-0.4, -0.2) is 12.1 Å². The molecule has 2 N–H and O–H groups in total. The van der Waals surface area contributed by atoms with E-state index in [9.17, 15) is 8.78 Å². The third-order valence-corrected chi connectivity index (χ3v) is 1.99. The number of hydrogen-bond donors (Lipinski definition) is 1. The largest absolute Gasteiger partial charge is 0.495 e. The maximum Gasteiger partial charge on any atom is 0.265 e. The zero-order chi connectivity index (χ0) is 10.7. The van der Waals surface area contributed by atoms with Gasteiger partial charge in [-0.05, 0) is 6.92 Å². The predicted octanol–water partition coefficient (Wildman–Crippen LogP) is 1.79. The zero-order valence-corrected chi connectivity index (χ0v) is 8.05. The van der Waals surface area contributed by atoms with Gasteiger partial charge in [-0.3, -0.25) is 4.98 Å². The van der Waals surface area contributed by atoms with Crippen LogP contribution >= 0.6 is 0 Å². The molecular weight excluding hydrogens is 190 g/mol. The molecule has 1 aromatic rings. The number of aromatic nitrogens is 1. The van der Waals surface area contributed by atoms with Crippen molar-refractivity contribution in [2.75, 3.05) is 7.11 Å². The van der Waals surface area contributed by atoms with Gasteiger partial charge in [0, 0.05) is 23.9 Å². The molecule has 0 amide bonds. The van der Waals surface area contributed by atoms with Crippen molar-refractivity contribution in [3.8, 4) is 5.75 Å². The van der Waals surface area contributed by atoms with Gasteiger partial charge in [0.1, 0.15) is 5.75 Å². The van der Waals surface area contributed by atoms with Crippen LogP contribution in [0, 0.1) is 6.92 Å². The average Bonchev–Trinajstić information content (AvgIpc) is 2.16. The highest BCUT2D eigenvalue weighted by Crippen LogP contribution is 2.30. The first-order chi connectivity index (χ1) is 6.61. The van der Waals surface area contributed by atoms with Crippen LogP contribution in [0.2, 0.25) is 0 Å². The van der Waals surface area contributed by atoms with Gasteiger partial charge in [0.15, 0.2) is 0 Å². The van der Waals surface area contributed by atoms with Crippen molar-refractivity contribution in [1.82, 2.24) is 4.98 Å². The summed E-state index contributed by atoms with van der Waals surface area (Å²) in [6.07, 6.45) is -1.43. The van der Waals surface area contributed by atoms with Crippen molar-refractivity contribution >= 4 is 0 Å². The first-order valence-corrected chi connectivity index (χ1v) is 4.12. The fourth-order valence-corrected chi connectivity index (χ4v) is 1.32. The second-order valence-electron chi connectivity index (χ2n) is 2.82. The van der Waals surface area contributed by atoms with Gasteiger partial charge in [-0.1, -0.05) is 0 Å². The van der Waals surface area contributed by atoms with Crippen LogP contribution < -0.4 is 10.5 Å². The molecule has 14 heavy (non-hydrogen) atoms. The van der Waals surface area contributed by atoms with Gasteiger partial charge in [-0.15, -0.1) is 0 Å². The van der Waals surface area contributed by atoms with Crippen LogP contribution in [0.4, 0.5) is 8.78 Å². The molecule has 78 valence electrons. The topological polar surface area (TPSA) is 48.1 Å². The Morgan fingerprint density at radius 2 is 2.21 bits per heavy atom. The lowest BCUT2D eigenvalue weighted by Crippen LogP contribution is -2.07. The van der Waals surface area contributed by atoms with Crippen molar-refractivity contribution < 1.29 is 13.5 Å². The molecule has 0 unspecified atom stereocenters. The van der Waals surface area contributed by atoms with Gasteiger partial charge in [0.05, 0.1) is 12.8 Å². The molecule has 0 atom stereocenters. The summed E-state index contributed by atoms with van der Waals surface area (Å²) in [4.78, 5) is 3.82. The molecule has 0 aliphatic carbocycles. The lowest BCUT2D eigenvalue weighted by molar-refractivity contribution is 0.149. The first kappa shape index (κ1) is 10.8. The number of halogens is 2. The molecule has 0 fully saturated rings. The molecular formula is C9H12F2N2O. The minimum absolute atomic E-state index is 0.0200. The summed E-state index contributed by atoms with van der Waals surface area (Å²) in [5.74, 6) is 0.352. The maximum atomic E-state index is 12.5. The van der Waals surface area contributed by atoms with Gasteiger partial charge >= 0.3 is 0 Å². The lowest BCUT2D eigenvalue weighted by atomic mass is 10.1. The molecule has 0 bridgehead atoms. The number of methoxy groups -OCH3 is 1. The Morgan fingerprint density at radius 3 is 2.64 bits per heavy atom. The number of ether oxygens (including phenoxy) is 1. The Kier molecular flexibility index (Phi) is 3.35. The highest BCUT2D eigenvalue weighted by Gasteiger charge is 2.18. The van der Waals surface area contributed by atoms with E-state index in [1.165, 1.54) is 7.11 Å². The second-order valence-corrected chi connectivity index (χ2v) is 2.82. The average molecular weight is 202 g/mol. The van der Waals surface area contributed by atoms with Gasteiger partial charge in [-0.25, -0.2) is 8.78 Å². The molecule has 0 aliphatic heterocycles. The van der Waals surface area contributed by atoms with E-state index >= 15 is 0 Å². The Morgan fingerprint density at radius 1 is 1.57 bits per heavy atom. The number of alkyl halides is 2. The highest BCUT2D eigenvalue weighted by molar-refractivity contribution is 5.42. The van der Waals surface area contributed by atoms with Gasteiger partial charge < -0.3 is 10.5 Å². The number of nitrogens with zero attached hydrogens (tertiary/aromatic N) is 1. The molecule has 0 saturated carbocycles.